The zero-order chi connectivity index (χ0) is 14.3. The van der Waals surface area contributed by atoms with E-state index >= 15 is 0 Å². The molecule has 0 aliphatic carbocycles. The quantitative estimate of drug-likeness (QED) is 0.829. The number of halogens is 2. The Balaban J connectivity index is 1.96. The highest BCUT2D eigenvalue weighted by Crippen LogP contribution is 2.39. The fourth-order valence-corrected chi connectivity index (χ4v) is 2.86. The zero-order valence-electron chi connectivity index (χ0n) is 11.6. The largest absolute Gasteiger partial charge is 0.377 e. The Kier molecular flexibility index (Phi) is 3.20. The van der Waals surface area contributed by atoms with Crippen LogP contribution in [0.3, 0.4) is 0 Å². The Morgan fingerprint density at radius 1 is 1.15 bits per heavy atom. The van der Waals surface area contributed by atoms with Crippen molar-refractivity contribution in [2.75, 3.05) is 5.32 Å². The monoisotopic (exact) mass is 273 g/mol. The molecule has 1 nitrogen and oxygen atoms in total. The summed E-state index contributed by atoms with van der Waals surface area (Å²) in [6.45, 7) is 4.28. The van der Waals surface area contributed by atoms with Crippen molar-refractivity contribution in [3.63, 3.8) is 0 Å². The Labute approximate surface area is 117 Å². The van der Waals surface area contributed by atoms with Crippen molar-refractivity contribution in [3.8, 4) is 0 Å². The molecule has 2 aromatic rings. The van der Waals surface area contributed by atoms with Crippen LogP contribution >= 0.6 is 0 Å². The minimum atomic E-state index is -0.537. The predicted molar refractivity (Wildman–Crippen MR) is 77.0 cm³/mol. The van der Waals surface area contributed by atoms with Crippen LogP contribution in [0.15, 0.2) is 36.4 Å². The third-order valence-electron chi connectivity index (χ3n) is 3.89. The van der Waals surface area contributed by atoms with Gasteiger partial charge in [0.15, 0.2) is 0 Å². The molecule has 1 N–H and O–H groups in total. The van der Waals surface area contributed by atoms with E-state index in [1.807, 2.05) is 6.07 Å². The van der Waals surface area contributed by atoms with Gasteiger partial charge in [-0.1, -0.05) is 38.1 Å². The minimum Gasteiger partial charge on any atom is -0.377 e. The maximum atomic E-state index is 13.9. The molecule has 0 saturated carbocycles. The van der Waals surface area contributed by atoms with Crippen LogP contribution in [0.4, 0.5) is 14.5 Å². The van der Waals surface area contributed by atoms with E-state index in [0.717, 1.165) is 18.2 Å². The van der Waals surface area contributed by atoms with Gasteiger partial charge < -0.3 is 5.32 Å². The highest BCUT2D eigenvalue weighted by molar-refractivity contribution is 5.64. The Bertz CT molecular complexity index is 649. The summed E-state index contributed by atoms with van der Waals surface area (Å²) in [4.78, 5) is 0. The Morgan fingerprint density at radius 2 is 1.95 bits per heavy atom. The molecule has 0 radical (unpaired) electrons. The summed E-state index contributed by atoms with van der Waals surface area (Å²) in [5, 5.41) is 3.40. The molecule has 104 valence electrons. The van der Waals surface area contributed by atoms with Gasteiger partial charge in [0, 0.05) is 17.3 Å². The summed E-state index contributed by atoms with van der Waals surface area (Å²) in [7, 11) is 0. The Hall–Kier alpha value is -1.90. The highest BCUT2D eigenvalue weighted by atomic mass is 19.1. The van der Waals surface area contributed by atoms with Crippen molar-refractivity contribution in [2.45, 2.75) is 32.2 Å². The molecular formula is C17H17F2N. The van der Waals surface area contributed by atoms with Crippen LogP contribution in [0, 0.1) is 11.6 Å². The van der Waals surface area contributed by atoms with Crippen molar-refractivity contribution in [1.82, 2.24) is 0 Å². The highest BCUT2D eigenvalue weighted by Gasteiger charge is 2.26. The van der Waals surface area contributed by atoms with Crippen LogP contribution in [0.25, 0.3) is 0 Å². The third kappa shape index (κ3) is 2.17. The topological polar surface area (TPSA) is 12.0 Å². The van der Waals surface area contributed by atoms with E-state index in [9.17, 15) is 8.78 Å². The molecule has 1 aliphatic rings. The number of anilines is 1. The van der Waals surface area contributed by atoms with E-state index in [1.165, 1.54) is 23.3 Å². The molecule has 0 aromatic heterocycles. The number of hydrogen-bond acceptors (Lipinski definition) is 1. The van der Waals surface area contributed by atoms with Gasteiger partial charge in [0.2, 0.25) is 0 Å². The average molecular weight is 273 g/mol. The van der Waals surface area contributed by atoms with Crippen LogP contribution in [-0.2, 0) is 6.42 Å². The van der Waals surface area contributed by atoms with Crippen LogP contribution in [0.1, 0.15) is 42.5 Å². The standard InChI is InChI=1S/C17H17F2N/c1-10(2)13-5-3-4-11-8-16(20-17(11)13)14-7-6-12(18)9-15(14)19/h3-7,9-10,16,20H,8H2,1-2H3. The van der Waals surface area contributed by atoms with Crippen molar-refractivity contribution < 1.29 is 8.78 Å². The Morgan fingerprint density at radius 3 is 2.65 bits per heavy atom. The summed E-state index contributed by atoms with van der Waals surface area (Å²) in [5.41, 5.74) is 4.07. The second-order valence-electron chi connectivity index (χ2n) is 5.60. The zero-order valence-corrected chi connectivity index (χ0v) is 11.6. The fourth-order valence-electron chi connectivity index (χ4n) is 2.86. The molecule has 1 aliphatic heterocycles. The second-order valence-corrected chi connectivity index (χ2v) is 5.60. The molecule has 0 spiro atoms. The van der Waals surface area contributed by atoms with Crippen molar-refractivity contribution in [3.05, 3.63) is 64.7 Å². The molecule has 0 fully saturated rings. The van der Waals surface area contributed by atoms with E-state index < -0.39 is 11.6 Å². The maximum absolute atomic E-state index is 13.9. The van der Waals surface area contributed by atoms with Gasteiger partial charge in [-0.3, -0.25) is 0 Å². The van der Waals surface area contributed by atoms with Gasteiger partial charge in [0.05, 0.1) is 6.04 Å². The van der Waals surface area contributed by atoms with Gasteiger partial charge in [-0.2, -0.15) is 0 Å². The number of nitrogens with one attached hydrogen (secondary N) is 1. The van der Waals surface area contributed by atoms with E-state index in [-0.39, 0.29) is 6.04 Å². The lowest BCUT2D eigenvalue weighted by molar-refractivity contribution is 0.563. The fraction of sp³-hybridized carbons (Fsp3) is 0.294. The molecule has 1 atom stereocenters. The molecule has 3 rings (SSSR count). The van der Waals surface area contributed by atoms with E-state index in [1.54, 1.807) is 0 Å². The molecular weight excluding hydrogens is 256 g/mol. The van der Waals surface area contributed by atoms with Crippen LogP contribution in [-0.4, -0.2) is 0 Å². The van der Waals surface area contributed by atoms with E-state index in [0.29, 0.717) is 11.5 Å². The molecule has 0 amide bonds. The van der Waals surface area contributed by atoms with Crippen LogP contribution < -0.4 is 5.32 Å². The van der Waals surface area contributed by atoms with Gasteiger partial charge in [0.25, 0.3) is 0 Å². The van der Waals surface area contributed by atoms with Crippen molar-refractivity contribution >= 4 is 5.69 Å². The van der Waals surface area contributed by atoms with Gasteiger partial charge in [-0.15, -0.1) is 0 Å². The number of para-hydroxylation sites is 1. The van der Waals surface area contributed by atoms with Crippen molar-refractivity contribution in [2.24, 2.45) is 0 Å². The number of benzene rings is 2. The predicted octanol–water partition coefficient (Wildman–Crippen LogP) is 4.80. The first-order valence-electron chi connectivity index (χ1n) is 6.89. The van der Waals surface area contributed by atoms with E-state index in [4.69, 9.17) is 0 Å². The molecule has 3 heteroatoms. The number of rotatable bonds is 2. The van der Waals surface area contributed by atoms with Gasteiger partial charge >= 0.3 is 0 Å². The first kappa shape index (κ1) is 13.1. The molecule has 1 unspecified atom stereocenters. The average Bonchev–Trinajstić information content (AvgIpc) is 2.81. The number of fused-ring (bicyclic) bond motifs is 1. The normalized spacial score (nSPS) is 17.1. The van der Waals surface area contributed by atoms with Crippen LogP contribution in [0.5, 0.6) is 0 Å². The molecule has 20 heavy (non-hydrogen) atoms. The minimum absolute atomic E-state index is 0.120. The summed E-state index contributed by atoms with van der Waals surface area (Å²) >= 11 is 0. The first-order valence-corrected chi connectivity index (χ1v) is 6.89. The summed E-state index contributed by atoms with van der Waals surface area (Å²) < 4.78 is 26.9. The van der Waals surface area contributed by atoms with Gasteiger partial charge in [-0.05, 0) is 29.5 Å². The van der Waals surface area contributed by atoms with E-state index in [2.05, 4.69) is 31.3 Å². The maximum Gasteiger partial charge on any atom is 0.131 e. The summed E-state index contributed by atoms with van der Waals surface area (Å²) in [6, 6.07) is 9.87. The summed E-state index contributed by atoms with van der Waals surface area (Å²) in [5.74, 6) is -0.611. The lowest BCUT2D eigenvalue weighted by Crippen LogP contribution is -2.09. The SMILES string of the molecule is CC(C)c1cccc2c1NC(c1ccc(F)cc1F)C2. The lowest BCUT2D eigenvalue weighted by atomic mass is 9.97. The van der Waals surface area contributed by atoms with Gasteiger partial charge in [0.1, 0.15) is 11.6 Å². The molecule has 0 saturated heterocycles. The molecule has 1 heterocycles. The summed E-state index contributed by atoms with van der Waals surface area (Å²) in [6.07, 6.45) is 0.735. The number of hydrogen-bond donors (Lipinski definition) is 1. The first-order chi connectivity index (χ1) is 9.56. The van der Waals surface area contributed by atoms with Gasteiger partial charge in [-0.25, -0.2) is 8.78 Å². The second kappa shape index (κ2) is 4.89. The smallest absolute Gasteiger partial charge is 0.131 e. The molecule has 0 bridgehead atoms. The molecule has 2 aromatic carbocycles. The lowest BCUT2D eigenvalue weighted by Gasteiger charge is -2.15. The van der Waals surface area contributed by atoms with Crippen molar-refractivity contribution in [1.29, 1.82) is 0 Å². The van der Waals surface area contributed by atoms with Crippen LogP contribution in [0.2, 0.25) is 0 Å². The third-order valence-corrected chi connectivity index (χ3v) is 3.89.